The summed E-state index contributed by atoms with van der Waals surface area (Å²) in [5, 5.41) is 6.17. The number of carbonyl (C=O) groups excluding carboxylic acids is 2. The Labute approximate surface area is 214 Å². The molecule has 0 bridgehead atoms. The van der Waals surface area contributed by atoms with Gasteiger partial charge in [0, 0.05) is 10.9 Å². The van der Waals surface area contributed by atoms with Gasteiger partial charge in [-0.1, -0.05) is 32.9 Å². The van der Waals surface area contributed by atoms with E-state index in [1.807, 2.05) is 0 Å². The van der Waals surface area contributed by atoms with E-state index in [2.05, 4.69) is 31.4 Å². The lowest BCUT2D eigenvalue weighted by Crippen LogP contribution is -2.27. The van der Waals surface area contributed by atoms with Gasteiger partial charge >= 0.3 is 0 Å². The number of fused-ring (bicyclic) bond motifs is 1. The number of halogens is 1. The smallest absolute Gasteiger partial charge is 0.259 e. The number of thiophene rings is 1. The molecule has 2 aromatic carbocycles. The highest BCUT2D eigenvalue weighted by atomic mass is 32.1. The number of amides is 2. The number of nitrogens with one attached hydrogen (secondary N) is 2. The molecule has 0 aliphatic heterocycles. The van der Waals surface area contributed by atoms with E-state index >= 15 is 0 Å². The summed E-state index contributed by atoms with van der Waals surface area (Å²) in [5.74, 6) is -0.0638. The van der Waals surface area contributed by atoms with Gasteiger partial charge < -0.3 is 20.1 Å². The summed E-state index contributed by atoms with van der Waals surface area (Å²) in [5.41, 5.74) is 1.85. The van der Waals surface area contributed by atoms with E-state index in [0.717, 1.165) is 29.7 Å². The first-order valence-electron chi connectivity index (χ1n) is 11.9. The number of methoxy groups -OCH3 is 2. The van der Waals surface area contributed by atoms with Crippen molar-refractivity contribution in [3.05, 3.63) is 69.8 Å². The maximum Gasteiger partial charge on any atom is 0.259 e. The Bertz CT molecular complexity index is 1300. The third-order valence-corrected chi connectivity index (χ3v) is 7.89. The summed E-state index contributed by atoms with van der Waals surface area (Å²) < 4.78 is 25.0. The fourth-order valence-electron chi connectivity index (χ4n) is 4.57. The van der Waals surface area contributed by atoms with Crippen molar-refractivity contribution in [1.82, 2.24) is 0 Å². The molecule has 1 atom stereocenters. The largest absolute Gasteiger partial charge is 0.497 e. The van der Waals surface area contributed by atoms with Crippen LogP contribution in [0.15, 0.2) is 42.5 Å². The first-order chi connectivity index (χ1) is 17.1. The summed E-state index contributed by atoms with van der Waals surface area (Å²) in [6.07, 6.45) is 2.49. The normalized spacial score (nSPS) is 15.1. The van der Waals surface area contributed by atoms with Crippen molar-refractivity contribution in [3.8, 4) is 11.5 Å². The molecule has 0 unspecified atom stereocenters. The van der Waals surface area contributed by atoms with Gasteiger partial charge in [0.25, 0.3) is 11.8 Å². The fraction of sp³-hybridized carbons (Fsp3) is 0.357. The third kappa shape index (κ3) is 5.23. The quantitative estimate of drug-likeness (QED) is 0.394. The first kappa shape index (κ1) is 25.7. The minimum absolute atomic E-state index is 0.0720. The molecule has 8 heteroatoms. The van der Waals surface area contributed by atoms with Crippen LogP contribution in [-0.2, 0) is 12.8 Å². The topological polar surface area (TPSA) is 76.7 Å². The van der Waals surface area contributed by atoms with Crippen molar-refractivity contribution < 1.29 is 23.5 Å². The Balaban J connectivity index is 1.73. The number of hydrogen-bond acceptors (Lipinski definition) is 5. The Morgan fingerprint density at radius 1 is 1.03 bits per heavy atom. The molecule has 1 aromatic heterocycles. The first-order valence-corrected chi connectivity index (χ1v) is 12.7. The number of rotatable bonds is 6. The van der Waals surface area contributed by atoms with E-state index in [-0.39, 0.29) is 16.9 Å². The third-order valence-electron chi connectivity index (χ3n) is 6.72. The SMILES string of the molecule is COc1ccc(OC)c(NC(=O)c2c(NC(=O)c3ccccc3F)sc3c2CC[C@H](C(C)(C)C)C3)c1. The number of carbonyl (C=O) groups is 2. The van der Waals surface area contributed by atoms with Gasteiger partial charge in [-0.25, -0.2) is 4.39 Å². The number of ether oxygens (including phenoxy) is 2. The molecule has 1 aliphatic rings. The predicted octanol–water partition coefficient (Wildman–Crippen LogP) is 6.56. The molecule has 0 saturated carbocycles. The summed E-state index contributed by atoms with van der Waals surface area (Å²) >= 11 is 1.40. The van der Waals surface area contributed by atoms with Crippen LogP contribution >= 0.6 is 11.3 Å². The molecule has 0 saturated heterocycles. The molecule has 3 aromatic rings. The van der Waals surface area contributed by atoms with E-state index < -0.39 is 11.7 Å². The van der Waals surface area contributed by atoms with E-state index in [4.69, 9.17) is 9.47 Å². The summed E-state index contributed by atoms with van der Waals surface area (Å²) in [6.45, 7) is 6.67. The molecule has 0 radical (unpaired) electrons. The zero-order valence-electron chi connectivity index (χ0n) is 21.2. The molecule has 0 fully saturated rings. The van der Waals surface area contributed by atoms with Gasteiger partial charge in [0.05, 0.1) is 31.0 Å². The van der Waals surface area contributed by atoms with E-state index in [1.54, 1.807) is 31.4 Å². The highest BCUT2D eigenvalue weighted by Crippen LogP contribution is 2.45. The van der Waals surface area contributed by atoms with Crippen LogP contribution in [0.2, 0.25) is 0 Å². The molecule has 2 amide bonds. The van der Waals surface area contributed by atoms with Gasteiger partial charge in [0.1, 0.15) is 22.3 Å². The molecule has 1 heterocycles. The van der Waals surface area contributed by atoms with Crippen LogP contribution in [0.4, 0.5) is 15.1 Å². The van der Waals surface area contributed by atoms with Crippen LogP contribution in [0.5, 0.6) is 11.5 Å². The second kappa shape index (κ2) is 10.3. The maximum absolute atomic E-state index is 14.3. The number of benzene rings is 2. The van der Waals surface area contributed by atoms with Crippen LogP contribution in [0.1, 0.15) is 58.3 Å². The second-order valence-corrected chi connectivity index (χ2v) is 11.1. The summed E-state index contributed by atoms with van der Waals surface area (Å²) in [7, 11) is 3.07. The molecule has 0 spiro atoms. The van der Waals surface area contributed by atoms with Crippen molar-refractivity contribution in [2.75, 3.05) is 24.9 Å². The van der Waals surface area contributed by atoms with Crippen molar-refractivity contribution >= 4 is 33.8 Å². The van der Waals surface area contributed by atoms with E-state index in [9.17, 15) is 14.0 Å². The molecule has 4 rings (SSSR count). The maximum atomic E-state index is 14.3. The van der Waals surface area contributed by atoms with Crippen LogP contribution in [0.25, 0.3) is 0 Å². The Hall–Kier alpha value is -3.39. The zero-order valence-corrected chi connectivity index (χ0v) is 22.0. The Morgan fingerprint density at radius 2 is 1.78 bits per heavy atom. The van der Waals surface area contributed by atoms with Crippen LogP contribution in [0, 0.1) is 17.2 Å². The van der Waals surface area contributed by atoms with Crippen molar-refractivity contribution in [1.29, 1.82) is 0 Å². The minimum Gasteiger partial charge on any atom is -0.497 e. The van der Waals surface area contributed by atoms with E-state index in [1.165, 1.54) is 36.6 Å². The Morgan fingerprint density at radius 3 is 2.44 bits per heavy atom. The highest BCUT2D eigenvalue weighted by Gasteiger charge is 2.34. The average molecular weight is 511 g/mol. The van der Waals surface area contributed by atoms with Gasteiger partial charge in [-0.2, -0.15) is 0 Å². The molecule has 6 nitrogen and oxygen atoms in total. The number of hydrogen-bond donors (Lipinski definition) is 2. The lowest BCUT2D eigenvalue weighted by atomic mass is 9.72. The average Bonchev–Trinajstić information content (AvgIpc) is 3.20. The van der Waals surface area contributed by atoms with Crippen LogP contribution in [-0.4, -0.2) is 26.0 Å². The van der Waals surface area contributed by atoms with Gasteiger partial charge in [0.15, 0.2) is 0 Å². The molecular formula is C28H31FN2O4S. The van der Waals surface area contributed by atoms with Crippen LogP contribution < -0.4 is 20.1 Å². The molecule has 2 N–H and O–H groups in total. The molecular weight excluding hydrogens is 479 g/mol. The summed E-state index contributed by atoms with van der Waals surface area (Å²) in [4.78, 5) is 27.7. The lowest BCUT2D eigenvalue weighted by molar-refractivity contribution is 0.102. The van der Waals surface area contributed by atoms with Gasteiger partial charge in [-0.15, -0.1) is 11.3 Å². The standard InChI is InChI=1S/C28H31FN2O4S/c1-28(2,3)16-10-12-19-23(14-16)36-27(31-25(32)18-8-6-7-9-20(18)29)24(19)26(33)30-21-15-17(34-4)11-13-22(21)35-5/h6-9,11,13,15-16H,10,12,14H2,1-5H3,(H,30,33)(H,31,32)/t16-/m0/s1. The fourth-order valence-corrected chi connectivity index (χ4v) is 5.89. The molecule has 1 aliphatic carbocycles. The van der Waals surface area contributed by atoms with Gasteiger partial charge in [-0.3, -0.25) is 9.59 Å². The lowest BCUT2D eigenvalue weighted by Gasteiger charge is -2.33. The van der Waals surface area contributed by atoms with E-state index in [0.29, 0.717) is 33.7 Å². The monoisotopic (exact) mass is 510 g/mol. The zero-order chi connectivity index (χ0) is 26.0. The molecule has 36 heavy (non-hydrogen) atoms. The van der Waals surface area contributed by atoms with Crippen molar-refractivity contribution in [2.45, 2.75) is 40.0 Å². The summed E-state index contributed by atoms with van der Waals surface area (Å²) in [6, 6.07) is 10.9. The van der Waals surface area contributed by atoms with Crippen molar-refractivity contribution in [3.63, 3.8) is 0 Å². The van der Waals surface area contributed by atoms with Gasteiger partial charge in [0.2, 0.25) is 0 Å². The van der Waals surface area contributed by atoms with Crippen LogP contribution in [0.3, 0.4) is 0 Å². The van der Waals surface area contributed by atoms with Gasteiger partial charge in [-0.05, 0) is 60.4 Å². The number of anilines is 2. The highest BCUT2D eigenvalue weighted by molar-refractivity contribution is 7.17. The second-order valence-electron chi connectivity index (χ2n) is 9.97. The van der Waals surface area contributed by atoms with Crippen molar-refractivity contribution in [2.24, 2.45) is 11.3 Å². The molecule has 190 valence electrons. The predicted molar refractivity (Wildman–Crippen MR) is 141 cm³/mol. The minimum atomic E-state index is -0.615. The Kier molecular flexibility index (Phi) is 7.36.